The first-order valence-electron chi connectivity index (χ1n) is 13.3. The van der Waals surface area contributed by atoms with Crippen molar-refractivity contribution < 1.29 is 34.8 Å². The Hall–Kier alpha value is -4.74. The monoisotopic (exact) mass is 663 g/mol. The van der Waals surface area contributed by atoms with Crippen LogP contribution in [-0.2, 0) is 20.3 Å². The number of carbonyl (C=O) groups excluding carboxylic acids is 1. The lowest BCUT2D eigenvalue weighted by Crippen LogP contribution is -2.54. The second-order valence-electron chi connectivity index (χ2n) is 10.1. The summed E-state index contributed by atoms with van der Waals surface area (Å²) in [5, 5.41) is 5.05. The van der Waals surface area contributed by atoms with Crippen molar-refractivity contribution in [2.24, 2.45) is 21.5 Å². The lowest BCUT2D eigenvalue weighted by atomic mass is 10.2. The number of nitrogens with zero attached hydrogens (tertiary/aromatic N) is 3. The maximum atomic E-state index is 13.1. The number of hydrogen-bond donors (Lipinski definition) is 5. The maximum Gasteiger partial charge on any atom is 0.332 e. The van der Waals surface area contributed by atoms with Crippen molar-refractivity contribution in [3.8, 4) is 5.75 Å². The zero-order chi connectivity index (χ0) is 33.4. The van der Waals surface area contributed by atoms with E-state index in [1.54, 1.807) is 36.4 Å². The smallest absolute Gasteiger partial charge is 0.332 e. The molecule has 4 rings (SSSR count). The van der Waals surface area contributed by atoms with E-state index in [1.807, 2.05) is 25.7 Å². The molecule has 242 valence electrons. The third-order valence-corrected chi connectivity index (χ3v) is 7.84. The van der Waals surface area contributed by atoms with Crippen LogP contribution < -0.4 is 26.8 Å². The first-order chi connectivity index (χ1) is 20.9. The lowest BCUT2D eigenvalue weighted by molar-refractivity contribution is 0.198. The number of aryl methyl sites for hydroxylation is 1. The number of halogens is 1. The number of ether oxygens (including phenoxy) is 1. The summed E-state index contributed by atoms with van der Waals surface area (Å²) in [5.74, 6) is 1.07. The van der Waals surface area contributed by atoms with Crippen molar-refractivity contribution in [3.63, 3.8) is 0 Å². The van der Waals surface area contributed by atoms with Gasteiger partial charge >= 0.3 is 16.3 Å². The fourth-order valence-corrected chi connectivity index (χ4v) is 4.98. The van der Waals surface area contributed by atoms with Gasteiger partial charge in [0.25, 0.3) is 10.1 Å². The van der Waals surface area contributed by atoms with Gasteiger partial charge in [-0.1, -0.05) is 23.8 Å². The average Bonchev–Trinajstić information content (AvgIpc) is 2.92. The molecule has 1 aliphatic rings. The van der Waals surface area contributed by atoms with E-state index < -0.39 is 36.9 Å². The number of benzene rings is 3. The predicted molar refractivity (Wildman–Crippen MR) is 169 cm³/mol. The fraction of sp³-hybridized carbons (Fsp3) is 0.250. The van der Waals surface area contributed by atoms with Crippen molar-refractivity contribution in [1.29, 1.82) is 0 Å². The van der Waals surface area contributed by atoms with Gasteiger partial charge in [0.05, 0.1) is 11.5 Å². The fourth-order valence-electron chi connectivity index (χ4n) is 3.99. The van der Waals surface area contributed by atoms with Crippen LogP contribution in [0, 0.1) is 6.92 Å². The van der Waals surface area contributed by atoms with Crippen LogP contribution in [0.2, 0.25) is 0 Å². The summed E-state index contributed by atoms with van der Waals surface area (Å²) >= 11 is 0. The summed E-state index contributed by atoms with van der Waals surface area (Å²) in [7, 11) is -8.88. The summed E-state index contributed by atoms with van der Waals surface area (Å²) in [6.07, 6.45) is 0.658. The number of carbonyl (C=O) groups is 1. The molecule has 45 heavy (non-hydrogen) atoms. The van der Waals surface area contributed by atoms with Crippen LogP contribution in [0.1, 0.15) is 25.8 Å². The van der Waals surface area contributed by atoms with Crippen LogP contribution in [0.25, 0.3) is 0 Å². The first kappa shape index (κ1) is 34.7. The van der Waals surface area contributed by atoms with Crippen molar-refractivity contribution in [2.75, 3.05) is 23.8 Å². The summed E-state index contributed by atoms with van der Waals surface area (Å²) < 4.78 is 70.4. The second kappa shape index (κ2) is 14.4. The van der Waals surface area contributed by atoms with Crippen LogP contribution in [0.5, 0.6) is 5.75 Å². The molecule has 1 aliphatic heterocycles. The minimum atomic E-state index is -4.86. The highest BCUT2D eigenvalue weighted by Crippen LogP contribution is 2.21. The number of nitrogens with one attached hydrogen (secondary N) is 2. The van der Waals surface area contributed by atoms with Gasteiger partial charge in [-0.25, -0.2) is 9.79 Å². The summed E-state index contributed by atoms with van der Waals surface area (Å²) in [6, 6.07) is 16.9. The van der Waals surface area contributed by atoms with E-state index in [9.17, 15) is 25.5 Å². The van der Waals surface area contributed by atoms with Crippen molar-refractivity contribution in [1.82, 2.24) is 4.90 Å². The Morgan fingerprint density at radius 3 is 2.16 bits per heavy atom. The number of aliphatic imine (C=N–C) groups is 2. The van der Waals surface area contributed by atoms with Crippen molar-refractivity contribution >= 4 is 49.7 Å². The molecule has 0 bridgehead atoms. The van der Waals surface area contributed by atoms with E-state index in [-0.39, 0.29) is 16.5 Å². The van der Waals surface area contributed by atoms with Gasteiger partial charge < -0.3 is 31.7 Å². The quantitative estimate of drug-likeness (QED) is 0.127. The predicted octanol–water partition coefficient (Wildman–Crippen LogP) is 3.68. The molecular weight excluding hydrogens is 629 g/mol. The molecule has 17 heteroatoms. The molecule has 0 aromatic heterocycles. The third-order valence-electron chi connectivity index (χ3n) is 6.15. The third kappa shape index (κ3) is 10.7. The van der Waals surface area contributed by atoms with E-state index >= 15 is 0 Å². The minimum Gasteiger partial charge on any atom is -0.494 e. The van der Waals surface area contributed by atoms with Crippen LogP contribution in [0.15, 0.2) is 92.6 Å². The van der Waals surface area contributed by atoms with Crippen LogP contribution in [-0.4, -0.2) is 63.1 Å². The summed E-state index contributed by atoms with van der Waals surface area (Å²) in [4.78, 5) is 21.7. The molecule has 0 saturated heterocycles. The zero-order valence-electron chi connectivity index (χ0n) is 24.6. The number of guanidine groups is 2. The van der Waals surface area contributed by atoms with Crippen molar-refractivity contribution in [2.45, 2.75) is 42.6 Å². The molecule has 0 spiro atoms. The minimum absolute atomic E-state index is 0.0666. The van der Waals surface area contributed by atoms with E-state index in [2.05, 4.69) is 20.6 Å². The Morgan fingerprint density at radius 1 is 0.956 bits per heavy atom. The molecule has 3 aromatic rings. The number of rotatable bonds is 9. The molecule has 2 amide bonds. The summed E-state index contributed by atoms with van der Waals surface area (Å²) in [5.41, 5.74) is 12.6. The number of anilines is 2. The molecule has 1 heterocycles. The molecule has 0 radical (unpaired) electrons. The van der Waals surface area contributed by atoms with Gasteiger partial charge in [-0.15, -0.1) is 3.89 Å². The highest BCUT2D eigenvalue weighted by Gasteiger charge is 2.31. The van der Waals surface area contributed by atoms with E-state index in [4.69, 9.17) is 20.8 Å². The Kier molecular flexibility index (Phi) is 11.1. The number of hydrogen-bond acceptors (Lipinski definition) is 11. The molecule has 0 fully saturated rings. The van der Waals surface area contributed by atoms with E-state index in [0.29, 0.717) is 37.0 Å². The highest BCUT2D eigenvalue weighted by atomic mass is 32.3. The highest BCUT2D eigenvalue weighted by molar-refractivity contribution is 7.86. The SMILES string of the molecule is CC1(C)N=C(N)N=C(N)N1CCCOc1ccc(NC(=O)Nc2cccc(S(=O)(=O)F)c2)cc1.Cc1ccc(S(=O)(=O)O)cc1. The van der Waals surface area contributed by atoms with Crippen LogP contribution >= 0.6 is 0 Å². The number of urea groups is 1. The molecule has 0 saturated carbocycles. The van der Waals surface area contributed by atoms with Crippen LogP contribution in [0.3, 0.4) is 0 Å². The Morgan fingerprint density at radius 2 is 1.58 bits per heavy atom. The lowest BCUT2D eigenvalue weighted by Gasteiger charge is -2.38. The second-order valence-corrected chi connectivity index (χ2v) is 12.9. The van der Waals surface area contributed by atoms with Gasteiger partial charge in [-0.05, 0) is 81.8 Å². The van der Waals surface area contributed by atoms with E-state index in [0.717, 1.165) is 17.7 Å². The molecule has 0 atom stereocenters. The molecule has 7 N–H and O–H groups in total. The van der Waals surface area contributed by atoms with Gasteiger partial charge in [0.1, 0.15) is 16.3 Å². The van der Waals surface area contributed by atoms with Crippen LogP contribution in [0.4, 0.5) is 20.1 Å². The van der Waals surface area contributed by atoms with Gasteiger partial charge in [-0.3, -0.25) is 4.55 Å². The van der Waals surface area contributed by atoms with Crippen molar-refractivity contribution in [3.05, 3.63) is 78.4 Å². The van der Waals surface area contributed by atoms with Gasteiger partial charge in [0.15, 0.2) is 0 Å². The maximum absolute atomic E-state index is 13.1. The van der Waals surface area contributed by atoms with E-state index in [1.165, 1.54) is 24.3 Å². The molecular formula is C28H34FN7O7S2. The Balaban J connectivity index is 0.000000423. The average molecular weight is 664 g/mol. The largest absolute Gasteiger partial charge is 0.494 e. The molecule has 3 aromatic carbocycles. The van der Waals surface area contributed by atoms with Gasteiger partial charge in [-0.2, -0.15) is 21.8 Å². The standard InChI is InChI=1S/C21H26FN7O4S.C7H8O3S/c1-21(2)28-18(23)27-19(24)29(21)11-4-12-33-16-9-7-14(8-10-16)25-20(30)26-15-5-3-6-17(13-15)34(22,31)32;1-6-2-4-7(5-3-6)11(8,9)10/h3,5-10,13H,4,11-12H2,1-2H3,(H2,25,26,30)(H4,23,24,27,28);2-5H,1H3,(H,8,9,10). The van der Waals surface area contributed by atoms with Gasteiger partial charge in [0, 0.05) is 17.9 Å². The number of amides is 2. The normalized spacial score (nSPS) is 14.3. The zero-order valence-corrected chi connectivity index (χ0v) is 26.3. The topological polar surface area (TPSA) is 219 Å². The molecule has 0 unspecified atom stereocenters. The van der Waals surface area contributed by atoms with Gasteiger partial charge in [0.2, 0.25) is 11.9 Å². The molecule has 0 aliphatic carbocycles. The first-order valence-corrected chi connectivity index (χ1v) is 16.1. The Bertz CT molecular complexity index is 1780. The summed E-state index contributed by atoms with van der Waals surface area (Å²) in [6.45, 7) is 6.62. The number of nitrogens with two attached hydrogens (primary N) is 2. The Labute approximate surface area is 261 Å². The molecule has 14 nitrogen and oxygen atoms in total.